The van der Waals surface area contributed by atoms with Gasteiger partial charge in [-0.3, -0.25) is 4.79 Å². The van der Waals surface area contributed by atoms with Crippen molar-refractivity contribution in [1.29, 1.82) is 0 Å². The average molecular weight is 375 g/mol. The molecule has 3 aliphatic rings. The summed E-state index contributed by atoms with van der Waals surface area (Å²) in [6.45, 7) is 7.98. The molecule has 9 heteroatoms. The van der Waals surface area contributed by atoms with E-state index in [4.69, 9.17) is 4.74 Å². The zero-order valence-electron chi connectivity index (χ0n) is 15.2. The molecule has 3 unspecified atom stereocenters. The van der Waals surface area contributed by atoms with Crippen LogP contribution in [0.4, 0.5) is 0 Å². The molecule has 1 amide bonds. The van der Waals surface area contributed by atoms with Crippen LogP contribution in [0, 0.1) is 5.92 Å². The highest BCUT2D eigenvalue weighted by molar-refractivity contribution is 7.86. The van der Waals surface area contributed by atoms with Gasteiger partial charge in [0.1, 0.15) is 0 Å². The Morgan fingerprint density at radius 1 is 1.04 bits per heavy atom. The van der Waals surface area contributed by atoms with Crippen LogP contribution < -0.4 is 5.32 Å². The van der Waals surface area contributed by atoms with Crippen LogP contribution in [-0.2, 0) is 19.7 Å². The number of hydrogen-bond acceptors (Lipinski definition) is 5. The Morgan fingerprint density at radius 3 is 2.24 bits per heavy atom. The first-order valence-electron chi connectivity index (χ1n) is 9.28. The Bertz CT molecular complexity index is 561. The molecule has 0 aromatic rings. The maximum absolute atomic E-state index is 12.9. The van der Waals surface area contributed by atoms with Crippen LogP contribution in [0.15, 0.2) is 0 Å². The molecule has 3 rings (SSSR count). The van der Waals surface area contributed by atoms with Gasteiger partial charge in [0.2, 0.25) is 5.91 Å². The highest BCUT2D eigenvalue weighted by atomic mass is 32.2. The van der Waals surface area contributed by atoms with Gasteiger partial charge >= 0.3 is 0 Å². The molecule has 144 valence electrons. The fraction of sp³-hybridized carbons (Fsp3) is 0.938. The Balaban J connectivity index is 1.56. The van der Waals surface area contributed by atoms with E-state index in [-0.39, 0.29) is 24.0 Å². The van der Waals surface area contributed by atoms with Crippen molar-refractivity contribution in [2.75, 3.05) is 52.4 Å². The van der Waals surface area contributed by atoms with Crippen molar-refractivity contribution >= 4 is 16.1 Å². The van der Waals surface area contributed by atoms with Gasteiger partial charge in [-0.25, -0.2) is 0 Å². The summed E-state index contributed by atoms with van der Waals surface area (Å²) in [4.78, 5) is 14.4. The van der Waals surface area contributed by atoms with Crippen molar-refractivity contribution in [2.45, 2.75) is 38.9 Å². The van der Waals surface area contributed by atoms with Crippen molar-refractivity contribution < 1.29 is 17.9 Å². The minimum Gasteiger partial charge on any atom is -0.373 e. The number of carbonyl (C=O) groups excluding carboxylic acids is 1. The van der Waals surface area contributed by atoms with E-state index in [9.17, 15) is 13.2 Å². The minimum absolute atomic E-state index is 0.0397. The number of nitrogens with zero attached hydrogens (tertiary/aromatic N) is 3. The Kier molecular flexibility index (Phi) is 5.99. The van der Waals surface area contributed by atoms with Gasteiger partial charge in [0.25, 0.3) is 10.2 Å². The second-order valence-electron chi connectivity index (χ2n) is 7.35. The molecule has 0 aromatic carbocycles. The van der Waals surface area contributed by atoms with Gasteiger partial charge in [0.15, 0.2) is 0 Å². The molecule has 0 bridgehead atoms. The predicted octanol–water partition coefficient (Wildman–Crippen LogP) is -0.516. The highest BCUT2D eigenvalue weighted by Crippen LogP contribution is 2.20. The van der Waals surface area contributed by atoms with E-state index in [0.29, 0.717) is 39.3 Å². The quantitative estimate of drug-likeness (QED) is 0.719. The zero-order valence-corrected chi connectivity index (χ0v) is 16.0. The lowest BCUT2D eigenvalue weighted by Gasteiger charge is -2.41. The summed E-state index contributed by atoms with van der Waals surface area (Å²) in [6.07, 6.45) is 1.76. The number of hydrogen-bond donors (Lipinski definition) is 1. The summed E-state index contributed by atoms with van der Waals surface area (Å²) in [5.74, 6) is 0.204. The van der Waals surface area contributed by atoms with Gasteiger partial charge in [-0.2, -0.15) is 17.0 Å². The van der Waals surface area contributed by atoms with Crippen LogP contribution in [0.3, 0.4) is 0 Å². The predicted molar refractivity (Wildman–Crippen MR) is 94.2 cm³/mol. The van der Waals surface area contributed by atoms with Crippen molar-refractivity contribution in [3.8, 4) is 0 Å². The molecule has 3 atom stereocenters. The van der Waals surface area contributed by atoms with Crippen molar-refractivity contribution in [2.24, 2.45) is 5.92 Å². The second-order valence-corrected chi connectivity index (χ2v) is 9.28. The van der Waals surface area contributed by atoms with Crippen LogP contribution in [0.25, 0.3) is 0 Å². The standard InChI is InChI=1S/C16H30N4O4S/c1-13-11-20(12-14(2)24-13)25(22,23)19-8-6-18(7-9-19)16(21)15-4-3-5-17-10-15/h13-15,17H,3-12H2,1-2H3. The molecule has 3 saturated heterocycles. The first-order valence-corrected chi connectivity index (χ1v) is 10.7. The maximum atomic E-state index is 12.9. The minimum atomic E-state index is -3.49. The molecular weight excluding hydrogens is 344 g/mol. The summed E-state index contributed by atoms with van der Waals surface area (Å²) in [7, 11) is -3.49. The molecule has 0 spiro atoms. The number of rotatable bonds is 3. The summed E-state index contributed by atoms with van der Waals surface area (Å²) in [5, 5.41) is 3.27. The van der Waals surface area contributed by atoms with Crippen LogP contribution >= 0.6 is 0 Å². The maximum Gasteiger partial charge on any atom is 0.282 e. The number of nitrogens with one attached hydrogen (secondary N) is 1. The number of amides is 1. The van der Waals surface area contributed by atoms with E-state index in [1.807, 2.05) is 18.7 Å². The third-order valence-electron chi connectivity index (χ3n) is 5.24. The molecule has 8 nitrogen and oxygen atoms in total. The topological polar surface area (TPSA) is 82.2 Å². The monoisotopic (exact) mass is 374 g/mol. The average Bonchev–Trinajstić information content (AvgIpc) is 2.61. The lowest BCUT2D eigenvalue weighted by atomic mass is 9.98. The molecule has 1 N–H and O–H groups in total. The molecule has 3 heterocycles. The van der Waals surface area contributed by atoms with E-state index in [2.05, 4.69) is 5.32 Å². The summed E-state index contributed by atoms with van der Waals surface area (Å²) in [5.41, 5.74) is 0. The Labute approximate surface area is 150 Å². The number of carbonyl (C=O) groups is 1. The van der Waals surface area contributed by atoms with Gasteiger partial charge in [-0.1, -0.05) is 0 Å². The van der Waals surface area contributed by atoms with Gasteiger partial charge < -0.3 is 15.0 Å². The van der Waals surface area contributed by atoms with E-state index in [1.54, 1.807) is 0 Å². The fourth-order valence-corrected chi connectivity index (χ4v) is 5.69. The number of ether oxygens (including phenoxy) is 1. The number of morpholine rings is 1. The first kappa shape index (κ1) is 19.0. The van der Waals surface area contributed by atoms with Crippen molar-refractivity contribution in [3.05, 3.63) is 0 Å². The Morgan fingerprint density at radius 2 is 1.68 bits per heavy atom. The highest BCUT2D eigenvalue weighted by Gasteiger charge is 2.38. The molecule has 25 heavy (non-hydrogen) atoms. The van der Waals surface area contributed by atoms with Crippen LogP contribution in [0.1, 0.15) is 26.7 Å². The number of piperidine rings is 1. The third kappa shape index (κ3) is 4.33. The largest absolute Gasteiger partial charge is 0.373 e. The van der Waals surface area contributed by atoms with E-state index in [1.165, 1.54) is 8.61 Å². The first-order chi connectivity index (χ1) is 11.9. The van der Waals surface area contributed by atoms with E-state index < -0.39 is 10.2 Å². The van der Waals surface area contributed by atoms with Crippen molar-refractivity contribution in [1.82, 2.24) is 18.8 Å². The molecule has 0 aliphatic carbocycles. The van der Waals surface area contributed by atoms with Gasteiger partial charge in [-0.15, -0.1) is 0 Å². The molecule has 0 saturated carbocycles. The van der Waals surface area contributed by atoms with Gasteiger partial charge in [0.05, 0.1) is 18.1 Å². The smallest absolute Gasteiger partial charge is 0.282 e. The molecule has 3 aliphatic heterocycles. The zero-order chi connectivity index (χ0) is 18.0. The third-order valence-corrected chi connectivity index (χ3v) is 7.20. The second kappa shape index (κ2) is 7.87. The van der Waals surface area contributed by atoms with E-state index in [0.717, 1.165) is 25.9 Å². The lowest BCUT2D eigenvalue weighted by Crippen LogP contribution is -2.58. The lowest BCUT2D eigenvalue weighted by molar-refractivity contribution is -0.137. The molecule has 0 radical (unpaired) electrons. The van der Waals surface area contributed by atoms with Gasteiger partial charge in [0, 0.05) is 45.8 Å². The summed E-state index contributed by atoms with van der Waals surface area (Å²) < 4.78 is 34.5. The molecule has 3 fully saturated rings. The normalized spacial score (nSPS) is 33.4. The Hall–Kier alpha value is -0.740. The summed E-state index contributed by atoms with van der Waals surface area (Å²) >= 11 is 0. The molecule has 0 aromatic heterocycles. The van der Waals surface area contributed by atoms with Gasteiger partial charge in [-0.05, 0) is 33.2 Å². The SMILES string of the molecule is CC1CN(S(=O)(=O)N2CCN(C(=O)C3CCCNC3)CC2)CC(C)O1. The van der Waals surface area contributed by atoms with Crippen LogP contribution in [-0.4, -0.2) is 92.4 Å². The molecular formula is C16H30N4O4S. The summed E-state index contributed by atoms with van der Waals surface area (Å²) in [6, 6.07) is 0. The fourth-order valence-electron chi connectivity index (χ4n) is 3.94. The van der Waals surface area contributed by atoms with Crippen molar-refractivity contribution in [3.63, 3.8) is 0 Å². The van der Waals surface area contributed by atoms with Crippen LogP contribution in [0.2, 0.25) is 0 Å². The van der Waals surface area contributed by atoms with E-state index >= 15 is 0 Å². The number of piperazine rings is 1. The van der Waals surface area contributed by atoms with Crippen LogP contribution in [0.5, 0.6) is 0 Å².